The zero-order valence-electron chi connectivity index (χ0n) is 9.40. The van der Waals surface area contributed by atoms with Gasteiger partial charge in [0.25, 0.3) is 0 Å². The fourth-order valence-electron chi connectivity index (χ4n) is 1.33. The molecule has 1 rings (SSSR count). The number of hydrogen-bond donors (Lipinski definition) is 2. The predicted octanol–water partition coefficient (Wildman–Crippen LogP) is 2.54. The summed E-state index contributed by atoms with van der Waals surface area (Å²) in [5, 5.41) is 8.81. The van der Waals surface area contributed by atoms with Crippen molar-refractivity contribution in [1.82, 2.24) is 0 Å². The van der Waals surface area contributed by atoms with Crippen molar-refractivity contribution >= 4 is 11.7 Å². The fraction of sp³-hybridized carbons (Fsp3) is 0.417. The minimum absolute atomic E-state index is 0.194. The van der Waals surface area contributed by atoms with Crippen LogP contribution in [0, 0.1) is 0 Å². The summed E-state index contributed by atoms with van der Waals surface area (Å²) < 4.78 is 5.44. The minimum atomic E-state index is -0.974. The van der Waals surface area contributed by atoms with E-state index in [9.17, 15) is 4.79 Å². The molecule has 1 aromatic carbocycles. The highest BCUT2D eigenvalue weighted by Gasteiger charge is 2.07. The van der Waals surface area contributed by atoms with Crippen LogP contribution < -0.4 is 10.5 Å². The molecule has 88 valence electrons. The summed E-state index contributed by atoms with van der Waals surface area (Å²) in [5.41, 5.74) is 6.35. The molecular formula is C12H17NO3. The van der Waals surface area contributed by atoms with Crippen molar-refractivity contribution in [3.8, 4) is 5.75 Å². The molecule has 0 heterocycles. The topological polar surface area (TPSA) is 72.5 Å². The van der Waals surface area contributed by atoms with Gasteiger partial charge in [-0.25, -0.2) is 4.79 Å². The third-order valence-electron chi connectivity index (χ3n) is 2.27. The number of aromatic carboxylic acids is 1. The second-order valence-corrected chi connectivity index (χ2v) is 3.61. The average molecular weight is 223 g/mol. The van der Waals surface area contributed by atoms with E-state index in [0.717, 1.165) is 19.3 Å². The number of nitrogen functional groups attached to an aromatic ring is 1. The molecule has 0 saturated heterocycles. The number of anilines is 1. The highest BCUT2D eigenvalue weighted by Crippen LogP contribution is 2.23. The maximum atomic E-state index is 10.7. The van der Waals surface area contributed by atoms with Crippen LogP contribution >= 0.6 is 0 Å². The Morgan fingerprint density at radius 2 is 2.19 bits per heavy atom. The molecule has 0 aliphatic carbocycles. The van der Waals surface area contributed by atoms with Gasteiger partial charge >= 0.3 is 5.97 Å². The van der Waals surface area contributed by atoms with Crippen molar-refractivity contribution in [3.63, 3.8) is 0 Å². The lowest BCUT2D eigenvalue weighted by Gasteiger charge is -2.09. The molecule has 0 unspecified atom stereocenters. The number of rotatable bonds is 6. The third-order valence-corrected chi connectivity index (χ3v) is 2.27. The molecule has 0 bridgehead atoms. The van der Waals surface area contributed by atoms with E-state index in [4.69, 9.17) is 15.6 Å². The molecule has 0 fully saturated rings. The molecule has 4 heteroatoms. The molecule has 1 aromatic rings. The molecule has 0 saturated carbocycles. The van der Waals surface area contributed by atoms with Gasteiger partial charge in [0.1, 0.15) is 5.75 Å². The van der Waals surface area contributed by atoms with Gasteiger partial charge in [0.15, 0.2) is 0 Å². The summed E-state index contributed by atoms with van der Waals surface area (Å²) in [7, 11) is 0. The van der Waals surface area contributed by atoms with E-state index in [1.54, 1.807) is 6.07 Å². The second kappa shape index (κ2) is 6.00. The van der Waals surface area contributed by atoms with Gasteiger partial charge in [-0.15, -0.1) is 0 Å². The van der Waals surface area contributed by atoms with Crippen molar-refractivity contribution in [2.45, 2.75) is 26.2 Å². The van der Waals surface area contributed by atoms with Crippen molar-refractivity contribution in [1.29, 1.82) is 0 Å². The Morgan fingerprint density at radius 3 is 2.81 bits per heavy atom. The van der Waals surface area contributed by atoms with Gasteiger partial charge in [-0.2, -0.15) is 0 Å². The second-order valence-electron chi connectivity index (χ2n) is 3.61. The molecular weight excluding hydrogens is 206 g/mol. The Hall–Kier alpha value is -1.71. The maximum absolute atomic E-state index is 10.7. The normalized spacial score (nSPS) is 10.1. The van der Waals surface area contributed by atoms with E-state index in [1.165, 1.54) is 12.1 Å². The number of unbranched alkanes of at least 4 members (excludes halogenated alkanes) is 2. The molecule has 4 nitrogen and oxygen atoms in total. The molecule has 3 N–H and O–H groups in total. The van der Waals surface area contributed by atoms with Gasteiger partial charge in [-0.05, 0) is 24.6 Å². The summed E-state index contributed by atoms with van der Waals surface area (Å²) in [6.45, 7) is 2.68. The number of benzene rings is 1. The fourth-order valence-corrected chi connectivity index (χ4v) is 1.33. The van der Waals surface area contributed by atoms with E-state index < -0.39 is 5.97 Å². The number of nitrogens with two attached hydrogens (primary N) is 1. The number of carbonyl (C=O) groups is 1. The average Bonchev–Trinajstić information content (AvgIpc) is 2.26. The largest absolute Gasteiger partial charge is 0.491 e. The Morgan fingerprint density at radius 1 is 1.44 bits per heavy atom. The first-order chi connectivity index (χ1) is 7.65. The monoisotopic (exact) mass is 223 g/mol. The summed E-state index contributed by atoms with van der Waals surface area (Å²) in [5.74, 6) is -0.519. The van der Waals surface area contributed by atoms with Crippen molar-refractivity contribution in [2.24, 2.45) is 0 Å². The first-order valence-electron chi connectivity index (χ1n) is 5.40. The Balaban J connectivity index is 2.63. The summed E-state index contributed by atoms with van der Waals surface area (Å²) in [6.07, 6.45) is 3.17. The van der Waals surface area contributed by atoms with Crippen LogP contribution in [0.1, 0.15) is 36.5 Å². The van der Waals surface area contributed by atoms with Gasteiger partial charge < -0.3 is 15.6 Å². The highest BCUT2D eigenvalue weighted by molar-refractivity contribution is 5.89. The van der Waals surface area contributed by atoms with Crippen LogP contribution in [0.4, 0.5) is 5.69 Å². The third kappa shape index (κ3) is 3.46. The first-order valence-corrected chi connectivity index (χ1v) is 5.40. The van der Waals surface area contributed by atoms with Gasteiger partial charge in [-0.1, -0.05) is 19.8 Å². The maximum Gasteiger partial charge on any atom is 0.335 e. The van der Waals surface area contributed by atoms with Gasteiger partial charge in [-0.3, -0.25) is 0 Å². The Labute approximate surface area is 95.0 Å². The lowest BCUT2D eigenvalue weighted by atomic mass is 10.2. The molecule has 0 atom stereocenters. The molecule has 0 aromatic heterocycles. The van der Waals surface area contributed by atoms with Crippen molar-refractivity contribution in [2.75, 3.05) is 12.3 Å². The molecule has 0 amide bonds. The van der Waals surface area contributed by atoms with E-state index >= 15 is 0 Å². The van der Waals surface area contributed by atoms with Crippen LogP contribution in [0.25, 0.3) is 0 Å². The van der Waals surface area contributed by atoms with Crippen LogP contribution in [-0.4, -0.2) is 17.7 Å². The van der Waals surface area contributed by atoms with Crippen LogP contribution in [0.5, 0.6) is 5.75 Å². The molecule has 16 heavy (non-hydrogen) atoms. The summed E-state index contributed by atoms with van der Waals surface area (Å²) in [6, 6.07) is 4.48. The SMILES string of the molecule is CCCCCOc1cc(C(=O)O)ccc1N. The summed E-state index contributed by atoms with van der Waals surface area (Å²) >= 11 is 0. The van der Waals surface area contributed by atoms with Crippen molar-refractivity contribution in [3.05, 3.63) is 23.8 Å². The number of carboxylic acids is 1. The van der Waals surface area contributed by atoms with Gasteiger partial charge in [0.05, 0.1) is 17.9 Å². The predicted molar refractivity (Wildman–Crippen MR) is 62.8 cm³/mol. The minimum Gasteiger partial charge on any atom is -0.491 e. The van der Waals surface area contributed by atoms with E-state index in [-0.39, 0.29) is 5.56 Å². The van der Waals surface area contributed by atoms with E-state index in [2.05, 4.69) is 6.92 Å². The first kappa shape index (κ1) is 12.4. The molecule has 0 aliphatic heterocycles. The Bertz CT molecular complexity index is 363. The Kier molecular flexibility index (Phi) is 4.64. The molecule has 0 radical (unpaired) electrons. The van der Waals surface area contributed by atoms with Gasteiger partial charge in [0.2, 0.25) is 0 Å². The zero-order chi connectivity index (χ0) is 12.0. The summed E-state index contributed by atoms with van der Waals surface area (Å²) in [4.78, 5) is 10.7. The van der Waals surface area contributed by atoms with Crippen LogP contribution in [0.15, 0.2) is 18.2 Å². The zero-order valence-corrected chi connectivity index (χ0v) is 9.40. The lowest BCUT2D eigenvalue weighted by Crippen LogP contribution is -2.03. The van der Waals surface area contributed by atoms with Crippen LogP contribution in [0.2, 0.25) is 0 Å². The quantitative estimate of drug-likeness (QED) is 0.574. The van der Waals surface area contributed by atoms with Crippen molar-refractivity contribution < 1.29 is 14.6 Å². The van der Waals surface area contributed by atoms with Gasteiger partial charge in [0, 0.05) is 0 Å². The highest BCUT2D eigenvalue weighted by atomic mass is 16.5. The molecule has 0 spiro atoms. The van der Waals surface area contributed by atoms with Crippen LogP contribution in [-0.2, 0) is 0 Å². The van der Waals surface area contributed by atoms with E-state index in [1.807, 2.05) is 0 Å². The smallest absolute Gasteiger partial charge is 0.335 e. The number of hydrogen-bond acceptors (Lipinski definition) is 3. The van der Waals surface area contributed by atoms with E-state index in [0.29, 0.717) is 18.0 Å². The number of carboxylic acid groups (broad SMARTS) is 1. The standard InChI is InChI=1S/C12H17NO3/c1-2-3-4-7-16-11-8-9(12(14)15)5-6-10(11)13/h5-6,8H,2-4,7,13H2,1H3,(H,14,15). The van der Waals surface area contributed by atoms with Crippen LogP contribution in [0.3, 0.4) is 0 Å². The lowest BCUT2D eigenvalue weighted by molar-refractivity contribution is 0.0696. The number of ether oxygens (including phenoxy) is 1. The molecule has 0 aliphatic rings.